The smallest absolute Gasteiger partial charge is 0.256 e. The highest BCUT2D eigenvalue weighted by atomic mass is 32.1. The molecule has 2 N–H and O–H groups in total. The van der Waals surface area contributed by atoms with Gasteiger partial charge in [-0.1, -0.05) is 26.3 Å². The molecule has 0 bridgehead atoms. The van der Waals surface area contributed by atoms with Gasteiger partial charge in [-0.3, -0.25) is 14.6 Å². The molecule has 0 aliphatic heterocycles. The Hall–Kier alpha value is -3.72. The maximum atomic E-state index is 13.0. The van der Waals surface area contributed by atoms with Gasteiger partial charge in [-0.05, 0) is 48.6 Å². The van der Waals surface area contributed by atoms with Crippen molar-refractivity contribution in [2.24, 2.45) is 0 Å². The van der Waals surface area contributed by atoms with Crippen molar-refractivity contribution in [1.82, 2.24) is 19.7 Å². The molecule has 0 aliphatic carbocycles. The number of ether oxygens (including phenoxy) is 1. The van der Waals surface area contributed by atoms with Gasteiger partial charge in [0.1, 0.15) is 17.3 Å². The van der Waals surface area contributed by atoms with Crippen LogP contribution < -0.4 is 15.6 Å². The van der Waals surface area contributed by atoms with Crippen LogP contribution in [0.2, 0.25) is 0 Å². The van der Waals surface area contributed by atoms with Gasteiger partial charge in [0.05, 0.1) is 11.5 Å². The first-order chi connectivity index (χ1) is 16.1. The topological polar surface area (TPSA) is 102 Å². The molecule has 0 unspecified atom stereocenters. The van der Waals surface area contributed by atoms with Crippen molar-refractivity contribution < 1.29 is 9.53 Å². The number of nitrogens with zero attached hydrogens (tertiary/aromatic N) is 3. The van der Waals surface area contributed by atoms with Gasteiger partial charge in [0.15, 0.2) is 0 Å². The number of anilines is 1. The number of hydrogen-bond donors (Lipinski definition) is 2. The van der Waals surface area contributed by atoms with Crippen LogP contribution in [0.3, 0.4) is 0 Å². The zero-order chi connectivity index (χ0) is 23.2. The summed E-state index contributed by atoms with van der Waals surface area (Å²) in [6, 6.07) is 14.1. The fraction of sp³-hybridized carbons (Fsp3) is 0.250. The molecule has 0 spiro atoms. The summed E-state index contributed by atoms with van der Waals surface area (Å²) in [5, 5.41) is 9.45. The lowest BCUT2D eigenvalue weighted by atomic mass is 10.2. The molecule has 170 valence electrons. The van der Waals surface area contributed by atoms with E-state index in [1.54, 1.807) is 30.3 Å². The highest BCUT2D eigenvalue weighted by Gasteiger charge is 2.17. The standard InChI is InChI=1S/C24H25N5O3S/c1-3-5-12-32-18-10-8-16(9-11-18)23(31)26-21-15-19(20-7-6-13-33-20)28-29(21)24-25-17(4-2)14-22(30)27-24/h6-11,13-15H,3-5,12H2,1-2H3,(H,26,31)(H,25,27,30). The number of aryl methyl sites for hydroxylation is 1. The first kappa shape index (κ1) is 22.5. The molecule has 0 saturated carbocycles. The highest BCUT2D eigenvalue weighted by molar-refractivity contribution is 7.13. The van der Waals surface area contributed by atoms with Gasteiger partial charge < -0.3 is 10.1 Å². The number of carbonyl (C=O) groups excluding carboxylic acids is 1. The number of aromatic nitrogens is 4. The van der Waals surface area contributed by atoms with Crippen LogP contribution in [0, 0.1) is 0 Å². The predicted octanol–water partition coefficient (Wildman–Crippen LogP) is 4.68. The lowest BCUT2D eigenvalue weighted by Crippen LogP contribution is -2.19. The minimum atomic E-state index is -0.303. The molecular weight excluding hydrogens is 438 g/mol. The second-order valence-corrected chi connectivity index (χ2v) is 8.35. The summed E-state index contributed by atoms with van der Waals surface area (Å²) in [4.78, 5) is 33.2. The third kappa shape index (κ3) is 5.38. The van der Waals surface area contributed by atoms with Crippen molar-refractivity contribution in [3.63, 3.8) is 0 Å². The molecule has 33 heavy (non-hydrogen) atoms. The van der Waals surface area contributed by atoms with E-state index < -0.39 is 0 Å². The maximum Gasteiger partial charge on any atom is 0.256 e. The summed E-state index contributed by atoms with van der Waals surface area (Å²) in [6.07, 6.45) is 2.64. The Morgan fingerprint density at radius 1 is 1.18 bits per heavy atom. The van der Waals surface area contributed by atoms with E-state index in [1.807, 2.05) is 24.4 Å². The van der Waals surface area contributed by atoms with Gasteiger partial charge in [-0.15, -0.1) is 11.3 Å². The van der Waals surface area contributed by atoms with Crippen LogP contribution in [0.5, 0.6) is 5.75 Å². The van der Waals surface area contributed by atoms with E-state index in [1.165, 1.54) is 22.1 Å². The van der Waals surface area contributed by atoms with Crippen LogP contribution >= 0.6 is 11.3 Å². The molecule has 1 amide bonds. The molecule has 0 aliphatic rings. The van der Waals surface area contributed by atoms with Gasteiger partial charge in [0.25, 0.3) is 11.5 Å². The lowest BCUT2D eigenvalue weighted by molar-refractivity contribution is 0.102. The van der Waals surface area contributed by atoms with Crippen molar-refractivity contribution in [2.75, 3.05) is 11.9 Å². The predicted molar refractivity (Wildman–Crippen MR) is 129 cm³/mol. The average molecular weight is 464 g/mol. The average Bonchev–Trinajstić information content (AvgIpc) is 3.49. The van der Waals surface area contributed by atoms with E-state index in [9.17, 15) is 9.59 Å². The Morgan fingerprint density at radius 2 is 2.00 bits per heavy atom. The number of H-pyrrole nitrogens is 1. The van der Waals surface area contributed by atoms with E-state index in [2.05, 4.69) is 27.3 Å². The first-order valence-electron chi connectivity index (χ1n) is 10.9. The third-order valence-corrected chi connectivity index (χ3v) is 5.85. The molecule has 0 fully saturated rings. The van der Waals surface area contributed by atoms with Crippen LogP contribution in [0.4, 0.5) is 5.82 Å². The Labute approximate surface area is 195 Å². The number of aromatic amines is 1. The van der Waals surface area contributed by atoms with Crippen LogP contribution in [0.25, 0.3) is 16.5 Å². The van der Waals surface area contributed by atoms with E-state index in [0.717, 1.165) is 23.5 Å². The fourth-order valence-electron chi connectivity index (χ4n) is 3.18. The number of amides is 1. The number of hydrogen-bond acceptors (Lipinski definition) is 6. The van der Waals surface area contributed by atoms with Crippen LogP contribution in [-0.4, -0.2) is 32.3 Å². The Morgan fingerprint density at radius 3 is 2.70 bits per heavy atom. The summed E-state index contributed by atoms with van der Waals surface area (Å²) >= 11 is 1.53. The second-order valence-electron chi connectivity index (χ2n) is 7.40. The summed E-state index contributed by atoms with van der Waals surface area (Å²) in [5.74, 6) is 1.08. The maximum absolute atomic E-state index is 13.0. The molecule has 3 heterocycles. The largest absolute Gasteiger partial charge is 0.494 e. The molecular formula is C24H25N5O3S. The Kier molecular flexibility index (Phi) is 6.99. The summed E-state index contributed by atoms with van der Waals surface area (Å²) in [6.45, 7) is 4.67. The van der Waals surface area contributed by atoms with E-state index in [4.69, 9.17) is 4.74 Å². The zero-order valence-electron chi connectivity index (χ0n) is 18.5. The van der Waals surface area contributed by atoms with Crippen molar-refractivity contribution >= 4 is 23.1 Å². The summed E-state index contributed by atoms with van der Waals surface area (Å²) < 4.78 is 7.12. The summed E-state index contributed by atoms with van der Waals surface area (Å²) in [5.41, 5.74) is 1.51. The van der Waals surface area contributed by atoms with Crippen LogP contribution in [0.15, 0.2) is 58.7 Å². The first-order valence-corrected chi connectivity index (χ1v) is 11.7. The molecule has 3 aromatic heterocycles. The van der Waals surface area contributed by atoms with E-state index in [0.29, 0.717) is 35.8 Å². The Bertz CT molecular complexity index is 1280. The summed E-state index contributed by atoms with van der Waals surface area (Å²) in [7, 11) is 0. The lowest BCUT2D eigenvalue weighted by Gasteiger charge is -2.09. The minimum absolute atomic E-state index is 0.247. The zero-order valence-corrected chi connectivity index (χ0v) is 19.3. The number of unbranched alkanes of at least 4 members (excludes halogenated alkanes) is 1. The Balaban J connectivity index is 1.63. The number of rotatable bonds is 9. The van der Waals surface area contributed by atoms with Crippen molar-refractivity contribution in [3.05, 3.63) is 75.5 Å². The van der Waals surface area contributed by atoms with E-state index in [-0.39, 0.29) is 17.4 Å². The van der Waals surface area contributed by atoms with Crippen molar-refractivity contribution in [3.8, 4) is 22.3 Å². The van der Waals surface area contributed by atoms with Gasteiger partial charge in [-0.2, -0.15) is 9.78 Å². The van der Waals surface area contributed by atoms with Crippen molar-refractivity contribution in [2.45, 2.75) is 33.1 Å². The second kappa shape index (κ2) is 10.3. The molecule has 9 heteroatoms. The highest BCUT2D eigenvalue weighted by Crippen LogP contribution is 2.27. The number of nitrogens with one attached hydrogen (secondary N) is 2. The molecule has 0 radical (unpaired) electrons. The van der Waals surface area contributed by atoms with Gasteiger partial charge >= 0.3 is 0 Å². The fourth-order valence-corrected chi connectivity index (χ4v) is 3.86. The van der Waals surface area contributed by atoms with Crippen molar-refractivity contribution in [1.29, 1.82) is 0 Å². The van der Waals surface area contributed by atoms with Crippen LogP contribution in [-0.2, 0) is 6.42 Å². The van der Waals surface area contributed by atoms with Crippen LogP contribution in [0.1, 0.15) is 42.7 Å². The third-order valence-electron chi connectivity index (χ3n) is 4.95. The van der Waals surface area contributed by atoms with Gasteiger partial charge in [-0.25, -0.2) is 4.98 Å². The number of benzene rings is 1. The molecule has 0 atom stereocenters. The normalized spacial score (nSPS) is 10.8. The molecule has 4 aromatic rings. The quantitative estimate of drug-likeness (QED) is 0.351. The minimum Gasteiger partial charge on any atom is -0.494 e. The number of thiophene rings is 1. The molecule has 4 rings (SSSR count). The monoisotopic (exact) mass is 463 g/mol. The molecule has 8 nitrogen and oxygen atoms in total. The van der Waals surface area contributed by atoms with Gasteiger partial charge in [0.2, 0.25) is 5.95 Å². The SMILES string of the molecule is CCCCOc1ccc(C(=O)Nc2cc(-c3cccs3)nn2-c2nc(CC)cc(=O)[nH]2)cc1. The number of carbonyl (C=O) groups is 1. The molecule has 0 saturated heterocycles. The molecule has 1 aromatic carbocycles. The van der Waals surface area contributed by atoms with Gasteiger partial charge in [0, 0.05) is 23.4 Å². The van der Waals surface area contributed by atoms with E-state index >= 15 is 0 Å².